The number of alkyl halides is 2. The molecule has 0 aromatic carbocycles. The molecule has 0 fully saturated rings. The fourth-order valence-electron chi connectivity index (χ4n) is 1.09. The van der Waals surface area contributed by atoms with Gasteiger partial charge in [-0.05, 0) is 13.8 Å². The van der Waals surface area contributed by atoms with Crippen molar-refractivity contribution in [1.29, 1.82) is 0 Å². The Labute approximate surface area is 74.7 Å². The van der Waals surface area contributed by atoms with Crippen LogP contribution in [-0.2, 0) is 6.54 Å². The number of hydrogen-bond acceptors (Lipinski definition) is 3. The van der Waals surface area contributed by atoms with Crippen LogP contribution in [0.1, 0.15) is 37.7 Å². The van der Waals surface area contributed by atoms with Crippen molar-refractivity contribution in [1.82, 2.24) is 15.0 Å². The Bertz CT molecular complexity index is 282. The first-order valence-electron chi connectivity index (χ1n) is 4.00. The summed E-state index contributed by atoms with van der Waals surface area (Å²) in [4.78, 5) is 0. The lowest BCUT2D eigenvalue weighted by Crippen LogP contribution is -2.10. The van der Waals surface area contributed by atoms with Gasteiger partial charge in [0.15, 0.2) is 0 Å². The van der Waals surface area contributed by atoms with E-state index in [2.05, 4.69) is 10.3 Å². The van der Waals surface area contributed by atoms with Crippen molar-refractivity contribution >= 4 is 0 Å². The molecule has 0 bridgehead atoms. The van der Waals surface area contributed by atoms with Crippen molar-refractivity contribution in [3.8, 4) is 0 Å². The molecule has 0 saturated carbocycles. The molecule has 0 radical (unpaired) electrons. The predicted octanol–water partition coefficient (Wildman–Crippen LogP) is 1.26. The Morgan fingerprint density at radius 2 is 2.08 bits per heavy atom. The molecule has 1 aromatic rings. The van der Waals surface area contributed by atoms with E-state index in [1.807, 2.05) is 0 Å². The van der Waals surface area contributed by atoms with Crippen LogP contribution in [0.2, 0.25) is 0 Å². The van der Waals surface area contributed by atoms with Gasteiger partial charge in [-0.15, -0.1) is 5.10 Å². The van der Waals surface area contributed by atoms with E-state index >= 15 is 0 Å². The minimum absolute atomic E-state index is 0.00755. The minimum Gasteiger partial charge on any atom is -0.325 e. The number of nitrogens with zero attached hydrogens (tertiary/aromatic N) is 3. The molecule has 0 saturated heterocycles. The molecular formula is C7H12F2N4. The Hall–Kier alpha value is -1.04. The molecule has 13 heavy (non-hydrogen) atoms. The SMILES string of the molecule is CC(C)n1nnc(CN)c1C(F)F. The van der Waals surface area contributed by atoms with E-state index in [0.29, 0.717) is 0 Å². The van der Waals surface area contributed by atoms with Crippen molar-refractivity contribution in [3.05, 3.63) is 11.4 Å². The molecule has 1 heterocycles. The van der Waals surface area contributed by atoms with Crippen LogP contribution in [0.15, 0.2) is 0 Å². The van der Waals surface area contributed by atoms with Crippen molar-refractivity contribution in [2.45, 2.75) is 32.9 Å². The molecule has 6 heteroatoms. The van der Waals surface area contributed by atoms with E-state index in [1.54, 1.807) is 13.8 Å². The van der Waals surface area contributed by atoms with Gasteiger partial charge < -0.3 is 5.73 Å². The van der Waals surface area contributed by atoms with Crippen molar-refractivity contribution in [2.75, 3.05) is 0 Å². The highest BCUT2D eigenvalue weighted by Crippen LogP contribution is 2.23. The maximum atomic E-state index is 12.5. The van der Waals surface area contributed by atoms with E-state index in [4.69, 9.17) is 5.73 Å². The molecule has 0 atom stereocenters. The summed E-state index contributed by atoms with van der Waals surface area (Å²) in [5, 5.41) is 7.20. The van der Waals surface area contributed by atoms with Gasteiger partial charge in [0.1, 0.15) is 11.4 Å². The molecule has 0 spiro atoms. The van der Waals surface area contributed by atoms with Crippen LogP contribution in [0.4, 0.5) is 8.78 Å². The Balaban J connectivity index is 3.14. The van der Waals surface area contributed by atoms with Crippen molar-refractivity contribution < 1.29 is 8.78 Å². The lowest BCUT2D eigenvalue weighted by Gasteiger charge is -2.09. The first-order chi connectivity index (χ1) is 6.07. The maximum Gasteiger partial charge on any atom is 0.281 e. The van der Waals surface area contributed by atoms with Crippen LogP contribution in [-0.4, -0.2) is 15.0 Å². The van der Waals surface area contributed by atoms with Crippen molar-refractivity contribution in [3.63, 3.8) is 0 Å². The summed E-state index contributed by atoms with van der Waals surface area (Å²) < 4.78 is 26.2. The average molecular weight is 190 g/mol. The molecule has 0 aliphatic carbocycles. The highest BCUT2D eigenvalue weighted by atomic mass is 19.3. The first-order valence-corrected chi connectivity index (χ1v) is 4.00. The van der Waals surface area contributed by atoms with Crippen LogP contribution in [0.25, 0.3) is 0 Å². The summed E-state index contributed by atoms with van der Waals surface area (Å²) >= 11 is 0. The van der Waals surface area contributed by atoms with Crippen LogP contribution in [0.3, 0.4) is 0 Å². The fourth-order valence-corrected chi connectivity index (χ4v) is 1.09. The Morgan fingerprint density at radius 1 is 1.46 bits per heavy atom. The molecule has 0 aliphatic rings. The molecule has 4 nitrogen and oxygen atoms in total. The zero-order chi connectivity index (χ0) is 10.0. The topological polar surface area (TPSA) is 56.7 Å². The van der Waals surface area contributed by atoms with Crippen LogP contribution < -0.4 is 5.73 Å². The van der Waals surface area contributed by atoms with Gasteiger partial charge in [-0.2, -0.15) is 0 Å². The predicted molar refractivity (Wildman–Crippen MR) is 43.3 cm³/mol. The second-order valence-corrected chi connectivity index (χ2v) is 2.96. The molecule has 0 aliphatic heterocycles. The first kappa shape index (κ1) is 10.0. The van der Waals surface area contributed by atoms with E-state index in [1.165, 1.54) is 4.68 Å². The second-order valence-electron chi connectivity index (χ2n) is 2.96. The Kier molecular flexibility index (Phi) is 2.92. The standard InChI is InChI=1S/C7H12F2N4/c1-4(2)13-6(7(8)9)5(3-10)11-12-13/h4,7H,3,10H2,1-2H3. The van der Waals surface area contributed by atoms with Gasteiger partial charge in [-0.3, -0.25) is 0 Å². The normalized spacial score (nSPS) is 11.6. The van der Waals surface area contributed by atoms with Gasteiger partial charge in [0.25, 0.3) is 6.43 Å². The monoisotopic (exact) mass is 190 g/mol. The average Bonchev–Trinajstić information content (AvgIpc) is 2.46. The Morgan fingerprint density at radius 3 is 2.46 bits per heavy atom. The van der Waals surface area contributed by atoms with Gasteiger partial charge in [-0.25, -0.2) is 13.5 Å². The zero-order valence-electron chi connectivity index (χ0n) is 7.54. The molecule has 1 aromatic heterocycles. The highest BCUT2D eigenvalue weighted by molar-refractivity contribution is 5.11. The fraction of sp³-hybridized carbons (Fsp3) is 0.714. The molecule has 0 amide bonds. The number of nitrogens with two attached hydrogens (primary N) is 1. The van der Waals surface area contributed by atoms with Gasteiger partial charge in [0.05, 0.1) is 0 Å². The number of rotatable bonds is 3. The summed E-state index contributed by atoms with van der Waals surface area (Å²) in [7, 11) is 0. The largest absolute Gasteiger partial charge is 0.325 e. The molecule has 2 N–H and O–H groups in total. The highest BCUT2D eigenvalue weighted by Gasteiger charge is 2.21. The van der Waals surface area contributed by atoms with Crippen molar-refractivity contribution in [2.24, 2.45) is 5.73 Å². The van der Waals surface area contributed by atoms with E-state index < -0.39 is 6.43 Å². The van der Waals surface area contributed by atoms with Gasteiger partial charge in [-0.1, -0.05) is 5.21 Å². The maximum absolute atomic E-state index is 12.5. The van der Waals surface area contributed by atoms with Crippen LogP contribution >= 0.6 is 0 Å². The zero-order valence-corrected chi connectivity index (χ0v) is 7.54. The lowest BCUT2D eigenvalue weighted by atomic mass is 10.3. The van der Waals surface area contributed by atoms with Gasteiger partial charge in [0, 0.05) is 12.6 Å². The third kappa shape index (κ3) is 1.82. The smallest absolute Gasteiger partial charge is 0.281 e. The van der Waals surface area contributed by atoms with E-state index in [-0.39, 0.29) is 24.0 Å². The van der Waals surface area contributed by atoms with Gasteiger partial charge in [0.2, 0.25) is 0 Å². The number of halogens is 2. The summed E-state index contributed by atoms with van der Waals surface area (Å²) in [6.45, 7) is 3.52. The summed E-state index contributed by atoms with van der Waals surface area (Å²) in [6.07, 6.45) is -2.57. The van der Waals surface area contributed by atoms with Gasteiger partial charge >= 0.3 is 0 Å². The number of hydrogen-bond donors (Lipinski definition) is 1. The molecule has 0 unspecified atom stereocenters. The third-order valence-electron chi connectivity index (χ3n) is 1.69. The number of aromatic nitrogens is 3. The lowest BCUT2D eigenvalue weighted by molar-refractivity contribution is 0.136. The molecule has 1 rings (SSSR count). The minimum atomic E-state index is -2.57. The molecule has 74 valence electrons. The summed E-state index contributed by atoms with van der Waals surface area (Å²) in [5.41, 5.74) is 5.25. The van der Waals surface area contributed by atoms with Crippen LogP contribution in [0, 0.1) is 0 Å². The van der Waals surface area contributed by atoms with E-state index in [0.717, 1.165) is 0 Å². The second kappa shape index (κ2) is 3.78. The van der Waals surface area contributed by atoms with Crippen LogP contribution in [0.5, 0.6) is 0 Å². The molecular weight excluding hydrogens is 178 g/mol. The van der Waals surface area contributed by atoms with E-state index in [9.17, 15) is 8.78 Å². The summed E-state index contributed by atoms with van der Waals surface area (Å²) in [5.74, 6) is 0. The summed E-state index contributed by atoms with van der Waals surface area (Å²) in [6, 6.07) is -0.128. The quantitative estimate of drug-likeness (QED) is 0.780. The third-order valence-corrected chi connectivity index (χ3v) is 1.69.